The summed E-state index contributed by atoms with van der Waals surface area (Å²) in [6.45, 7) is 5.52. The molecule has 0 saturated heterocycles. The number of allylic oxidation sites excluding steroid dienone is 1. The van der Waals surface area contributed by atoms with Crippen LogP contribution in [0.4, 0.5) is 5.69 Å². The van der Waals surface area contributed by atoms with E-state index in [-0.39, 0.29) is 18.1 Å². The minimum absolute atomic E-state index is 0.129. The second-order valence-electron chi connectivity index (χ2n) is 3.86. The number of hydrogen-bond acceptors (Lipinski definition) is 5. The molecule has 0 heterocycles. The Labute approximate surface area is 112 Å². The van der Waals surface area contributed by atoms with Crippen LogP contribution >= 0.6 is 0 Å². The van der Waals surface area contributed by atoms with Gasteiger partial charge in [-0.2, -0.15) is 0 Å². The molecule has 0 aliphatic carbocycles. The van der Waals surface area contributed by atoms with Crippen molar-refractivity contribution in [1.29, 1.82) is 0 Å². The van der Waals surface area contributed by atoms with Gasteiger partial charge in [0.1, 0.15) is 5.76 Å². The molecule has 1 rings (SSSR count). The molecule has 5 nitrogen and oxygen atoms in total. The SMILES string of the molecule is CCOC(=O)/C(N=Nc1ccccc1C)=C(/O)CC. The van der Waals surface area contributed by atoms with Crippen LogP contribution in [0.5, 0.6) is 0 Å². The minimum atomic E-state index is -0.667. The molecule has 0 aliphatic rings. The number of hydrogen-bond donors (Lipinski definition) is 1. The van der Waals surface area contributed by atoms with Gasteiger partial charge >= 0.3 is 5.97 Å². The molecule has 19 heavy (non-hydrogen) atoms. The molecule has 0 saturated carbocycles. The fourth-order valence-corrected chi connectivity index (χ4v) is 1.36. The predicted molar refractivity (Wildman–Crippen MR) is 72.3 cm³/mol. The third kappa shape index (κ3) is 4.21. The fourth-order valence-electron chi connectivity index (χ4n) is 1.36. The van der Waals surface area contributed by atoms with Crippen molar-refractivity contribution in [3.05, 3.63) is 41.3 Å². The first-order valence-corrected chi connectivity index (χ1v) is 6.16. The summed E-state index contributed by atoms with van der Waals surface area (Å²) >= 11 is 0. The molecule has 0 radical (unpaired) electrons. The van der Waals surface area contributed by atoms with Gasteiger partial charge < -0.3 is 9.84 Å². The van der Waals surface area contributed by atoms with Gasteiger partial charge in [0, 0.05) is 6.42 Å². The van der Waals surface area contributed by atoms with Crippen LogP contribution < -0.4 is 0 Å². The van der Waals surface area contributed by atoms with Crippen molar-refractivity contribution in [2.24, 2.45) is 10.2 Å². The number of carbonyl (C=O) groups excluding carboxylic acids is 1. The predicted octanol–water partition coefficient (Wildman–Crippen LogP) is 3.82. The lowest BCUT2D eigenvalue weighted by molar-refractivity contribution is -0.138. The number of carbonyl (C=O) groups is 1. The number of aryl methyl sites for hydroxylation is 1. The van der Waals surface area contributed by atoms with Crippen molar-refractivity contribution in [2.45, 2.75) is 27.2 Å². The molecule has 102 valence electrons. The molecule has 0 aliphatic heterocycles. The number of aliphatic hydroxyl groups is 1. The first-order valence-electron chi connectivity index (χ1n) is 6.16. The standard InChI is InChI=1S/C14H18N2O3/c1-4-12(17)13(14(18)19-5-2)16-15-11-9-7-6-8-10(11)3/h6-9,17H,4-5H2,1-3H3/b13-12-,16-15?. The maximum Gasteiger partial charge on any atom is 0.362 e. The highest BCUT2D eigenvalue weighted by atomic mass is 16.5. The van der Waals surface area contributed by atoms with Crippen molar-refractivity contribution < 1.29 is 14.6 Å². The van der Waals surface area contributed by atoms with E-state index in [1.807, 2.05) is 25.1 Å². The molecule has 0 fully saturated rings. The third-order valence-corrected chi connectivity index (χ3v) is 2.45. The number of azo groups is 1. The Bertz CT molecular complexity index is 507. The Hall–Kier alpha value is -2.17. The first-order chi connectivity index (χ1) is 9.10. The molecule has 1 aromatic rings. The van der Waals surface area contributed by atoms with Gasteiger partial charge in [-0.25, -0.2) is 4.79 Å². The summed E-state index contributed by atoms with van der Waals surface area (Å²) < 4.78 is 4.84. The highest BCUT2D eigenvalue weighted by Gasteiger charge is 2.15. The van der Waals surface area contributed by atoms with E-state index in [4.69, 9.17) is 4.74 Å². The third-order valence-electron chi connectivity index (χ3n) is 2.45. The summed E-state index contributed by atoms with van der Waals surface area (Å²) in [5.41, 5.74) is 1.44. The molecule has 0 spiro atoms. The van der Waals surface area contributed by atoms with Crippen LogP contribution in [0.2, 0.25) is 0 Å². The van der Waals surface area contributed by atoms with Crippen LogP contribution in [0.25, 0.3) is 0 Å². The molecule has 5 heteroatoms. The number of nitrogens with zero attached hydrogens (tertiary/aromatic N) is 2. The van der Waals surface area contributed by atoms with Crippen LogP contribution in [-0.2, 0) is 9.53 Å². The van der Waals surface area contributed by atoms with E-state index in [0.717, 1.165) is 5.56 Å². The van der Waals surface area contributed by atoms with Crippen LogP contribution in [-0.4, -0.2) is 17.7 Å². The van der Waals surface area contributed by atoms with Gasteiger partial charge in [-0.1, -0.05) is 25.1 Å². The average Bonchev–Trinajstić information content (AvgIpc) is 2.41. The van der Waals surface area contributed by atoms with E-state index in [9.17, 15) is 9.90 Å². The van der Waals surface area contributed by atoms with E-state index in [1.165, 1.54) is 0 Å². The lowest BCUT2D eigenvalue weighted by Gasteiger charge is -2.04. The molecule has 0 atom stereocenters. The van der Waals surface area contributed by atoms with E-state index in [0.29, 0.717) is 12.1 Å². The molecule has 0 aromatic heterocycles. The lowest BCUT2D eigenvalue weighted by atomic mass is 10.2. The Morgan fingerprint density at radius 2 is 2.00 bits per heavy atom. The van der Waals surface area contributed by atoms with Crippen molar-refractivity contribution in [1.82, 2.24) is 0 Å². The highest BCUT2D eigenvalue weighted by molar-refractivity contribution is 5.88. The van der Waals surface area contributed by atoms with Crippen LogP contribution in [0.3, 0.4) is 0 Å². The van der Waals surface area contributed by atoms with Crippen molar-refractivity contribution >= 4 is 11.7 Å². The zero-order chi connectivity index (χ0) is 14.3. The van der Waals surface area contributed by atoms with Gasteiger partial charge in [0.05, 0.1) is 12.3 Å². The average molecular weight is 262 g/mol. The normalized spacial score (nSPS) is 12.4. The minimum Gasteiger partial charge on any atom is -0.510 e. The van der Waals surface area contributed by atoms with E-state index in [2.05, 4.69) is 10.2 Å². The van der Waals surface area contributed by atoms with Gasteiger partial charge in [-0.05, 0) is 25.5 Å². The number of esters is 1. The van der Waals surface area contributed by atoms with Gasteiger partial charge in [-0.15, -0.1) is 10.2 Å². The van der Waals surface area contributed by atoms with E-state index >= 15 is 0 Å². The quantitative estimate of drug-likeness (QED) is 0.379. The molecule has 0 unspecified atom stereocenters. The van der Waals surface area contributed by atoms with Crippen LogP contribution in [0.1, 0.15) is 25.8 Å². The van der Waals surface area contributed by atoms with Crippen LogP contribution in [0, 0.1) is 6.92 Å². The van der Waals surface area contributed by atoms with Gasteiger partial charge in [0.2, 0.25) is 5.70 Å². The molecular weight excluding hydrogens is 244 g/mol. The zero-order valence-electron chi connectivity index (χ0n) is 11.4. The summed E-state index contributed by atoms with van der Waals surface area (Å²) in [5, 5.41) is 17.5. The summed E-state index contributed by atoms with van der Waals surface area (Å²) in [7, 11) is 0. The highest BCUT2D eigenvalue weighted by Crippen LogP contribution is 2.20. The molecule has 1 aromatic carbocycles. The number of ether oxygens (including phenoxy) is 1. The van der Waals surface area contributed by atoms with Gasteiger partial charge in [-0.3, -0.25) is 0 Å². The van der Waals surface area contributed by atoms with Gasteiger partial charge in [0.15, 0.2) is 0 Å². The summed E-state index contributed by atoms with van der Waals surface area (Å²) in [4.78, 5) is 11.7. The number of benzene rings is 1. The molecular formula is C14H18N2O3. The van der Waals surface area contributed by atoms with E-state index in [1.54, 1.807) is 19.9 Å². The maximum atomic E-state index is 11.7. The topological polar surface area (TPSA) is 71.2 Å². The summed E-state index contributed by atoms with van der Waals surface area (Å²) in [6.07, 6.45) is 0.293. The molecule has 0 amide bonds. The Kier molecular flexibility index (Phi) is 5.73. The fraction of sp³-hybridized carbons (Fsp3) is 0.357. The Morgan fingerprint density at radius 1 is 1.32 bits per heavy atom. The summed E-state index contributed by atoms with van der Waals surface area (Å²) in [5.74, 6) is -0.796. The smallest absolute Gasteiger partial charge is 0.362 e. The first kappa shape index (κ1) is 14.9. The molecule has 0 bridgehead atoms. The molecule has 1 N–H and O–H groups in total. The number of aliphatic hydroxyl groups excluding tert-OH is 1. The van der Waals surface area contributed by atoms with E-state index < -0.39 is 5.97 Å². The van der Waals surface area contributed by atoms with Crippen molar-refractivity contribution in [3.8, 4) is 0 Å². The second kappa shape index (κ2) is 7.31. The van der Waals surface area contributed by atoms with Gasteiger partial charge in [0.25, 0.3) is 0 Å². The summed E-state index contributed by atoms with van der Waals surface area (Å²) in [6, 6.07) is 7.39. The number of rotatable bonds is 5. The largest absolute Gasteiger partial charge is 0.510 e. The Balaban J connectivity index is 3.03. The van der Waals surface area contributed by atoms with Crippen LogP contribution in [0.15, 0.2) is 46.0 Å². The zero-order valence-corrected chi connectivity index (χ0v) is 11.4. The van der Waals surface area contributed by atoms with Crippen molar-refractivity contribution in [3.63, 3.8) is 0 Å². The Morgan fingerprint density at radius 3 is 2.58 bits per heavy atom. The van der Waals surface area contributed by atoms with Crippen molar-refractivity contribution in [2.75, 3.05) is 6.61 Å². The maximum absolute atomic E-state index is 11.7. The second-order valence-corrected chi connectivity index (χ2v) is 3.86. The lowest BCUT2D eigenvalue weighted by Crippen LogP contribution is -2.08. The monoisotopic (exact) mass is 262 g/mol.